The molecule has 0 aromatic heterocycles. The number of nitrogens with one attached hydrogen (secondary N) is 1. The van der Waals surface area contributed by atoms with Crippen molar-refractivity contribution in [3.8, 4) is 11.1 Å². The molecule has 0 saturated carbocycles. The van der Waals surface area contributed by atoms with Crippen LogP contribution < -0.4 is 4.72 Å². The van der Waals surface area contributed by atoms with Gasteiger partial charge in [0.25, 0.3) is 0 Å². The van der Waals surface area contributed by atoms with Crippen LogP contribution in [0.5, 0.6) is 0 Å². The van der Waals surface area contributed by atoms with Gasteiger partial charge in [0, 0.05) is 5.69 Å². The van der Waals surface area contributed by atoms with Gasteiger partial charge in [-0.05, 0) is 35.4 Å². The second-order valence-electron chi connectivity index (χ2n) is 3.97. The summed E-state index contributed by atoms with van der Waals surface area (Å²) in [6.45, 7) is 0. The highest BCUT2D eigenvalue weighted by atomic mass is 32.2. The summed E-state index contributed by atoms with van der Waals surface area (Å²) in [7, 11) is -3.31. The molecule has 3 nitrogen and oxygen atoms in total. The van der Waals surface area contributed by atoms with Crippen molar-refractivity contribution in [1.29, 1.82) is 0 Å². The lowest BCUT2D eigenvalue weighted by Crippen LogP contribution is -2.09. The van der Waals surface area contributed by atoms with Crippen LogP contribution in [0.15, 0.2) is 48.5 Å². The summed E-state index contributed by atoms with van der Waals surface area (Å²) >= 11 is 0. The van der Waals surface area contributed by atoms with Gasteiger partial charge >= 0.3 is 0 Å². The van der Waals surface area contributed by atoms with Crippen molar-refractivity contribution in [2.45, 2.75) is 0 Å². The van der Waals surface area contributed by atoms with Crippen LogP contribution in [0, 0.1) is 5.82 Å². The summed E-state index contributed by atoms with van der Waals surface area (Å²) in [5.41, 5.74) is 1.91. The van der Waals surface area contributed by atoms with Crippen LogP contribution in [-0.2, 0) is 10.0 Å². The van der Waals surface area contributed by atoms with Gasteiger partial charge in [0.1, 0.15) is 5.82 Å². The van der Waals surface area contributed by atoms with Crippen molar-refractivity contribution in [3.63, 3.8) is 0 Å². The molecule has 5 heteroatoms. The summed E-state index contributed by atoms with van der Waals surface area (Å²) in [5.74, 6) is -0.325. The third-order valence-corrected chi connectivity index (χ3v) is 2.93. The Hall–Kier alpha value is -1.88. The molecule has 1 N–H and O–H groups in total. The van der Waals surface area contributed by atoms with Crippen molar-refractivity contribution in [3.05, 3.63) is 54.3 Å². The third-order valence-electron chi connectivity index (χ3n) is 2.32. The van der Waals surface area contributed by atoms with Crippen molar-refractivity contribution in [1.82, 2.24) is 0 Å². The molecular formula is C13H12FNO2S. The average molecular weight is 265 g/mol. The number of anilines is 1. The molecule has 0 heterocycles. The number of hydrogen-bond donors (Lipinski definition) is 1. The van der Waals surface area contributed by atoms with Crippen LogP contribution in [0.4, 0.5) is 10.1 Å². The SMILES string of the molecule is CS(=O)(=O)Nc1cccc(-c2cccc(F)c2)c1. The van der Waals surface area contributed by atoms with Crippen LogP contribution >= 0.6 is 0 Å². The third kappa shape index (κ3) is 3.30. The van der Waals surface area contributed by atoms with E-state index in [1.165, 1.54) is 12.1 Å². The van der Waals surface area contributed by atoms with Crippen molar-refractivity contribution in [2.24, 2.45) is 0 Å². The van der Waals surface area contributed by atoms with Crippen LogP contribution in [0.2, 0.25) is 0 Å². The fourth-order valence-electron chi connectivity index (χ4n) is 1.64. The van der Waals surface area contributed by atoms with Crippen molar-refractivity contribution >= 4 is 15.7 Å². The standard InChI is InChI=1S/C13H12FNO2S/c1-18(16,17)15-13-7-3-5-11(9-13)10-4-2-6-12(14)8-10/h2-9,15H,1H3. The number of halogens is 1. The number of hydrogen-bond acceptors (Lipinski definition) is 2. The van der Waals surface area contributed by atoms with Gasteiger partial charge < -0.3 is 0 Å². The molecule has 0 aliphatic heterocycles. The maximum Gasteiger partial charge on any atom is 0.229 e. The highest BCUT2D eigenvalue weighted by Gasteiger charge is 2.04. The van der Waals surface area contributed by atoms with Gasteiger partial charge in [0.15, 0.2) is 0 Å². The van der Waals surface area contributed by atoms with Gasteiger partial charge in [-0.15, -0.1) is 0 Å². The Morgan fingerprint density at radius 3 is 2.22 bits per heavy atom. The molecule has 0 bridgehead atoms. The van der Waals surface area contributed by atoms with Gasteiger partial charge in [-0.25, -0.2) is 12.8 Å². The molecule has 0 saturated heterocycles. The Labute approximate surface area is 105 Å². The van der Waals surface area contributed by atoms with E-state index < -0.39 is 10.0 Å². The normalized spacial score (nSPS) is 11.2. The highest BCUT2D eigenvalue weighted by molar-refractivity contribution is 7.92. The molecule has 2 rings (SSSR count). The van der Waals surface area contributed by atoms with Gasteiger partial charge in [0.2, 0.25) is 10.0 Å². The first kappa shape index (κ1) is 12.6. The second kappa shape index (κ2) is 4.78. The van der Waals surface area contributed by atoms with Crippen LogP contribution in [0.25, 0.3) is 11.1 Å². The summed E-state index contributed by atoms with van der Waals surface area (Å²) in [4.78, 5) is 0. The lowest BCUT2D eigenvalue weighted by atomic mass is 10.1. The fourth-order valence-corrected chi connectivity index (χ4v) is 2.20. The lowest BCUT2D eigenvalue weighted by molar-refractivity contribution is 0.607. The van der Waals surface area contributed by atoms with E-state index in [1.54, 1.807) is 36.4 Å². The topological polar surface area (TPSA) is 46.2 Å². The predicted octanol–water partition coefficient (Wildman–Crippen LogP) is 2.86. The van der Waals surface area contributed by atoms with Crippen LogP contribution in [0.1, 0.15) is 0 Å². The molecule has 0 amide bonds. The molecule has 0 fully saturated rings. The first-order chi connectivity index (χ1) is 8.44. The zero-order chi connectivity index (χ0) is 13.2. The van der Waals surface area contributed by atoms with E-state index in [2.05, 4.69) is 4.72 Å². The Morgan fingerprint density at radius 1 is 1.00 bits per heavy atom. The smallest absolute Gasteiger partial charge is 0.229 e. The molecule has 0 spiro atoms. The first-order valence-electron chi connectivity index (χ1n) is 5.28. The first-order valence-corrected chi connectivity index (χ1v) is 7.17. The lowest BCUT2D eigenvalue weighted by Gasteiger charge is -2.07. The maximum atomic E-state index is 13.1. The van der Waals surface area contributed by atoms with E-state index in [9.17, 15) is 12.8 Å². The predicted molar refractivity (Wildman–Crippen MR) is 70.3 cm³/mol. The molecule has 0 radical (unpaired) electrons. The quantitative estimate of drug-likeness (QED) is 0.927. The molecule has 0 unspecified atom stereocenters. The number of rotatable bonds is 3. The Bertz CT molecular complexity index is 668. The Morgan fingerprint density at radius 2 is 1.61 bits per heavy atom. The summed E-state index contributed by atoms with van der Waals surface area (Å²) in [5, 5.41) is 0. The second-order valence-corrected chi connectivity index (χ2v) is 5.71. The minimum Gasteiger partial charge on any atom is -0.284 e. The average Bonchev–Trinajstić information content (AvgIpc) is 2.27. The molecule has 94 valence electrons. The molecular weight excluding hydrogens is 253 g/mol. The maximum absolute atomic E-state index is 13.1. The van der Waals surface area contributed by atoms with Crippen LogP contribution in [-0.4, -0.2) is 14.7 Å². The van der Waals surface area contributed by atoms with E-state index in [0.717, 1.165) is 11.8 Å². The summed E-state index contributed by atoms with van der Waals surface area (Å²) in [6, 6.07) is 13.0. The summed E-state index contributed by atoms with van der Waals surface area (Å²) < 4.78 is 37.8. The zero-order valence-corrected chi connectivity index (χ0v) is 10.5. The molecule has 18 heavy (non-hydrogen) atoms. The zero-order valence-electron chi connectivity index (χ0n) is 9.72. The molecule has 0 atom stereocenters. The van der Waals surface area contributed by atoms with Gasteiger partial charge in [-0.1, -0.05) is 24.3 Å². The molecule has 2 aromatic rings. The molecule has 0 aliphatic rings. The number of benzene rings is 2. The fraction of sp³-hybridized carbons (Fsp3) is 0.0769. The minimum absolute atomic E-state index is 0.325. The number of sulfonamides is 1. The monoisotopic (exact) mass is 265 g/mol. The Kier molecular flexibility index (Phi) is 3.34. The van der Waals surface area contributed by atoms with E-state index in [4.69, 9.17) is 0 Å². The molecule has 0 aliphatic carbocycles. The minimum atomic E-state index is -3.31. The highest BCUT2D eigenvalue weighted by Crippen LogP contribution is 2.23. The molecule has 2 aromatic carbocycles. The van der Waals surface area contributed by atoms with E-state index in [-0.39, 0.29) is 5.82 Å². The van der Waals surface area contributed by atoms with Gasteiger partial charge in [-0.3, -0.25) is 4.72 Å². The van der Waals surface area contributed by atoms with Gasteiger partial charge in [-0.2, -0.15) is 0 Å². The summed E-state index contributed by atoms with van der Waals surface area (Å²) in [6.07, 6.45) is 1.09. The largest absolute Gasteiger partial charge is 0.284 e. The van der Waals surface area contributed by atoms with E-state index in [1.807, 2.05) is 0 Å². The van der Waals surface area contributed by atoms with Crippen molar-refractivity contribution < 1.29 is 12.8 Å². The van der Waals surface area contributed by atoms with Gasteiger partial charge in [0.05, 0.1) is 6.26 Å². The van der Waals surface area contributed by atoms with Crippen LogP contribution in [0.3, 0.4) is 0 Å². The van der Waals surface area contributed by atoms with Crippen molar-refractivity contribution in [2.75, 3.05) is 11.0 Å². The van der Waals surface area contributed by atoms with E-state index in [0.29, 0.717) is 11.3 Å². The van der Waals surface area contributed by atoms with E-state index >= 15 is 0 Å². The Balaban J connectivity index is 2.38.